The molecule has 0 radical (unpaired) electrons. The van der Waals surface area contributed by atoms with Gasteiger partial charge in [0, 0.05) is 18.9 Å². The molecule has 2 aromatic heterocycles. The van der Waals surface area contributed by atoms with Gasteiger partial charge in [-0.2, -0.15) is 0 Å². The molecular weight excluding hydrogens is 244 g/mol. The van der Waals surface area contributed by atoms with Crippen LogP contribution in [0.25, 0.3) is 0 Å². The highest BCUT2D eigenvalue weighted by Gasteiger charge is 2.11. The minimum atomic E-state index is -0.429. The first-order valence-corrected chi connectivity index (χ1v) is 5.86. The Morgan fingerprint density at radius 2 is 2.26 bits per heavy atom. The van der Waals surface area contributed by atoms with E-state index in [-0.39, 0.29) is 5.76 Å². The summed E-state index contributed by atoms with van der Waals surface area (Å²) in [7, 11) is 1.97. The summed E-state index contributed by atoms with van der Waals surface area (Å²) in [6.45, 7) is 1.36. The topological polar surface area (TPSA) is 84.4 Å². The molecular formula is C13H16N4O2. The molecule has 0 saturated heterocycles. The number of hydrogen-bond donors (Lipinski definition) is 2. The molecule has 3 N–H and O–H groups in total. The molecule has 1 amide bonds. The van der Waals surface area contributed by atoms with E-state index in [1.54, 1.807) is 18.3 Å². The number of hydrogen-bond acceptors (Lipinski definition) is 5. The fourth-order valence-electron chi connectivity index (χ4n) is 1.78. The lowest BCUT2D eigenvalue weighted by molar-refractivity contribution is 0.0922. The molecule has 0 aliphatic heterocycles. The number of nitrogens with zero attached hydrogens (tertiary/aromatic N) is 2. The first kappa shape index (κ1) is 13.3. The lowest BCUT2D eigenvalue weighted by Gasteiger charge is -2.14. The highest BCUT2D eigenvalue weighted by Crippen LogP contribution is 2.11. The van der Waals surface area contributed by atoms with Gasteiger partial charge in [0.05, 0.1) is 6.54 Å². The molecule has 6 nitrogen and oxygen atoms in total. The summed E-state index contributed by atoms with van der Waals surface area (Å²) in [5.74, 6) is 5.54. The summed E-state index contributed by atoms with van der Waals surface area (Å²) in [5.41, 5.74) is 3.15. The van der Waals surface area contributed by atoms with E-state index in [1.807, 2.05) is 30.8 Å². The van der Waals surface area contributed by atoms with Gasteiger partial charge in [-0.1, -0.05) is 6.07 Å². The van der Waals surface area contributed by atoms with Crippen LogP contribution in [-0.4, -0.2) is 22.8 Å². The van der Waals surface area contributed by atoms with Crippen molar-refractivity contribution >= 4 is 5.91 Å². The molecule has 0 fully saturated rings. The number of furan rings is 1. The molecule has 0 spiro atoms. The maximum Gasteiger partial charge on any atom is 0.300 e. The summed E-state index contributed by atoms with van der Waals surface area (Å²) in [5, 5.41) is 0. The standard InChI is InChI=1S/C13H16N4O2/c1-17(8-10-3-2-6-15-7-10)9-11-4-5-12(19-11)13(18)16-14/h2-7H,8-9,14H2,1H3,(H,16,18). The second kappa shape index (κ2) is 6.12. The van der Waals surface area contributed by atoms with Crippen LogP contribution in [0.4, 0.5) is 0 Å². The van der Waals surface area contributed by atoms with Crippen LogP contribution in [-0.2, 0) is 13.1 Å². The van der Waals surface area contributed by atoms with Crippen LogP contribution >= 0.6 is 0 Å². The molecule has 0 bridgehead atoms. The molecule has 0 saturated carbocycles. The maximum atomic E-state index is 11.3. The SMILES string of the molecule is CN(Cc1cccnc1)Cc1ccc(C(=O)NN)o1. The Bertz CT molecular complexity index is 539. The Hall–Kier alpha value is -2.18. The van der Waals surface area contributed by atoms with Gasteiger partial charge in [0.15, 0.2) is 5.76 Å². The van der Waals surface area contributed by atoms with E-state index in [0.29, 0.717) is 12.3 Å². The van der Waals surface area contributed by atoms with E-state index in [1.165, 1.54) is 0 Å². The van der Waals surface area contributed by atoms with Crippen molar-refractivity contribution in [2.75, 3.05) is 7.05 Å². The number of rotatable bonds is 5. The smallest absolute Gasteiger partial charge is 0.300 e. The highest BCUT2D eigenvalue weighted by molar-refractivity contribution is 5.90. The van der Waals surface area contributed by atoms with Gasteiger partial charge in [0.1, 0.15) is 5.76 Å². The lowest BCUT2D eigenvalue weighted by Crippen LogP contribution is -2.29. The summed E-state index contributed by atoms with van der Waals surface area (Å²) in [4.78, 5) is 17.4. The van der Waals surface area contributed by atoms with E-state index < -0.39 is 5.91 Å². The number of nitrogens with one attached hydrogen (secondary N) is 1. The van der Waals surface area contributed by atoms with Gasteiger partial charge < -0.3 is 4.42 Å². The monoisotopic (exact) mass is 260 g/mol. The van der Waals surface area contributed by atoms with Crippen molar-refractivity contribution in [3.63, 3.8) is 0 Å². The van der Waals surface area contributed by atoms with Crippen LogP contribution < -0.4 is 11.3 Å². The van der Waals surface area contributed by atoms with Crippen molar-refractivity contribution in [2.45, 2.75) is 13.1 Å². The van der Waals surface area contributed by atoms with Crippen molar-refractivity contribution in [1.82, 2.24) is 15.3 Å². The van der Waals surface area contributed by atoms with Crippen molar-refractivity contribution < 1.29 is 9.21 Å². The van der Waals surface area contributed by atoms with E-state index in [2.05, 4.69) is 9.88 Å². The molecule has 0 aromatic carbocycles. The number of nitrogen functional groups attached to an aromatic ring is 1. The van der Waals surface area contributed by atoms with Gasteiger partial charge >= 0.3 is 5.91 Å². The second-order valence-electron chi connectivity index (χ2n) is 4.27. The zero-order chi connectivity index (χ0) is 13.7. The molecule has 2 heterocycles. The predicted octanol–water partition coefficient (Wildman–Crippen LogP) is 0.910. The van der Waals surface area contributed by atoms with Gasteiger partial charge in [0.2, 0.25) is 0 Å². The molecule has 2 rings (SSSR count). The predicted molar refractivity (Wildman–Crippen MR) is 69.8 cm³/mol. The zero-order valence-electron chi connectivity index (χ0n) is 10.7. The summed E-state index contributed by atoms with van der Waals surface area (Å²) in [6.07, 6.45) is 3.57. The first-order valence-electron chi connectivity index (χ1n) is 5.86. The molecule has 0 unspecified atom stereocenters. The number of amides is 1. The lowest BCUT2D eigenvalue weighted by atomic mass is 10.2. The average Bonchev–Trinajstić information content (AvgIpc) is 2.87. The number of nitrogens with two attached hydrogens (primary N) is 1. The zero-order valence-corrected chi connectivity index (χ0v) is 10.7. The third kappa shape index (κ3) is 3.64. The molecule has 0 aliphatic rings. The Balaban J connectivity index is 1.94. The van der Waals surface area contributed by atoms with Gasteiger partial charge in [-0.25, -0.2) is 5.84 Å². The number of pyridine rings is 1. The molecule has 2 aromatic rings. The number of hydrazine groups is 1. The van der Waals surface area contributed by atoms with E-state index >= 15 is 0 Å². The van der Waals surface area contributed by atoms with Gasteiger partial charge in [-0.05, 0) is 30.8 Å². The van der Waals surface area contributed by atoms with Crippen molar-refractivity contribution in [3.05, 3.63) is 53.7 Å². The maximum absolute atomic E-state index is 11.3. The number of aromatic nitrogens is 1. The van der Waals surface area contributed by atoms with Crippen LogP contribution in [0.2, 0.25) is 0 Å². The average molecular weight is 260 g/mol. The summed E-state index contributed by atoms with van der Waals surface area (Å²) in [6, 6.07) is 7.29. The molecule has 6 heteroatoms. The van der Waals surface area contributed by atoms with Crippen LogP contribution in [0.5, 0.6) is 0 Å². The van der Waals surface area contributed by atoms with Crippen molar-refractivity contribution in [2.24, 2.45) is 5.84 Å². The summed E-state index contributed by atoms with van der Waals surface area (Å²) < 4.78 is 5.40. The molecule has 100 valence electrons. The fourth-order valence-corrected chi connectivity index (χ4v) is 1.78. The first-order chi connectivity index (χ1) is 9.19. The van der Waals surface area contributed by atoms with Gasteiger partial charge in [0.25, 0.3) is 0 Å². The minimum absolute atomic E-state index is 0.215. The largest absolute Gasteiger partial charge is 0.455 e. The van der Waals surface area contributed by atoms with Crippen LogP contribution in [0.1, 0.15) is 21.9 Å². The van der Waals surface area contributed by atoms with Crippen molar-refractivity contribution in [3.8, 4) is 0 Å². The normalized spacial score (nSPS) is 10.7. The quantitative estimate of drug-likeness (QED) is 0.474. The summed E-state index contributed by atoms with van der Waals surface area (Å²) >= 11 is 0. The highest BCUT2D eigenvalue weighted by atomic mass is 16.4. The molecule has 0 aliphatic carbocycles. The van der Waals surface area contributed by atoms with Gasteiger partial charge in [-0.3, -0.25) is 20.1 Å². The Kier molecular flexibility index (Phi) is 4.27. The fraction of sp³-hybridized carbons (Fsp3) is 0.231. The molecule has 19 heavy (non-hydrogen) atoms. The Labute approximate surface area is 111 Å². The minimum Gasteiger partial charge on any atom is -0.455 e. The number of carbonyl (C=O) groups is 1. The van der Waals surface area contributed by atoms with E-state index in [0.717, 1.165) is 12.1 Å². The van der Waals surface area contributed by atoms with E-state index in [4.69, 9.17) is 10.3 Å². The Morgan fingerprint density at radius 3 is 2.95 bits per heavy atom. The second-order valence-corrected chi connectivity index (χ2v) is 4.27. The molecule has 0 atom stereocenters. The Morgan fingerprint density at radius 1 is 1.42 bits per heavy atom. The van der Waals surface area contributed by atoms with Gasteiger partial charge in [-0.15, -0.1) is 0 Å². The van der Waals surface area contributed by atoms with Crippen LogP contribution in [0.3, 0.4) is 0 Å². The number of carbonyl (C=O) groups excluding carboxylic acids is 1. The third-order valence-corrected chi connectivity index (χ3v) is 2.62. The van der Waals surface area contributed by atoms with E-state index in [9.17, 15) is 4.79 Å². The van der Waals surface area contributed by atoms with Crippen LogP contribution in [0, 0.1) is 0 Å². The van der Waals surface area contributed by atoms with Crippen LogP contribution in [0.15, 0.2) is 41.1 Å². The van der Waals surface area contributed by atoms with Crippen molar-refractivity contribution in [1.29, 1.82) is 0 Å². The third-order valence-electron chi connectivity index (χ3n) is 2.62.